The van der Waals surface area contributed by atoms with Gasteiger partial charge in [0.25, 0.3) is 0 Å². The third kappa shape index (κ3) is 3.35. The number of nitrogens with zero attached hydrogens (tertiary/aromatic N) is 1. The van der Waals surface area contributed by atoms with E-state index in [1.54, 1.807) is 4.90 Å². The molecule has 0 aromatic heterocycles. The molecule has 0 aliphatic carbocycles. The van der Waals surface area contributed by atoms with Crippen LogP contribution in [0.5, 0.6) is 0 Å². The largest absolute Gasteiger partial charge is 0.481 e. The summed E-state index contributed by atoms with van der Waals surface area (Å²) in [5.41, 5.74) is 4.60. The number of amides is 2. The summed E-state index contributed by atoms with van der Waals surface area (Å²) in [6, 6.07) is -0.178. The first-order valence-corrected chi connectivity index (χ1v) is 6.52. The Bertz CT molecular complexity index is 309. The van der Waals surface area contributed by atoms with E-state index in [1.165, 1.54) is 0 Å². The lowest BCUT2D eigenvalue weighted by Crippen LogP contribution is -2.42. The van der Waals surface area contributed by atoms with E-state index in [2.05, 4.69) is 5.32 Å². The van der Waals surface area contributed by atoms with Crippen LogP contribution in [0.3, 0.4) is 0 Å². The zero-order valence-electron chi connectivity index (χ0n) is 10.9. The van der Waals surface area contributed by atoms with Gasteiger partial charge in [0.1, 0.15) is 0 Å². The standard InChI is InChI=1S/C12H23N3O3/c1-2-4-12(10(16)17)5-8-15(9-12)11(18)14-7-3-6-13/h2-9,13H2,1H3,(H,14,18)(H,16,17). The second-order valence-electron chi connectivity index (χ2n) is 4.88. The van der Waals surface area contributed by atoms with E-state index < -0.39 is 11.4 Å². The molecule has 104 valence electrons. The van der Waals surface area contributed by atoms with Crippen LogP contribution in [0, 0.1) is 5.41 Å². The minimum atomic E-state index is -0.790. The van der Waals surface area contributed by atoms with Crippen LogP contribution < -0.4 is 11.1 Å². The Hall–Kier alpha value is -1.30. The monoisotopic (exact) mass is 257 g/mol. The van der Waals surface area contributed by atoms with E-state index in [1.807, 2.05) is 6.92 Å². The molecule has 0 radical (unpaired) electrons. The molecule has 0 saturated carbocycles. The molecule has 0 bridgehead atoms. The average molecular weight is 257 g/mol. The van der Waals surface area contributed by atoms with Crippen LogP contribution in [0.25, 0.3) is 0 Å². The molecule has 6 nitrogen and oxygen atoms in total. The number of nitrogens with one attached hydrogen (secondary N) is 1. The number of nitrogens with two attached hydrogens (primary N) is 1. The Morgan fingerprint density at radius 1 is 1.50 bits per heavy atom. The van der Waals surface area contributed by atoms with Crippen molar-refractivity contribution in [2.75, 3.05) is 26.2 Å². The molecule has 6 heteroatoms. The van der Waals surface area contributed by atoms with Gasteiger partial charge in [0.15, 0.2) is 0 Å². The van der Waals surface area contributed by atoms with Gasteiger partial charge in [-0.3, -0.25) is 4.79 Å². The molecule has 1 heterocycles. The van der Waals surface area contributed by atoms with Gasteiger partial charge < -0.3 is 21.1 Å². The quantitative estimate of drug-likeness (QED) is 0.608. The zero-order chi connectivity index (χ0) is 13.6. The van der Waals surface area contributed by atoms with E-state index in [0.29, 0.717) is 39.0 Å². The Labute approximate surface area is 108 Å². The van der Waals surface area contributed by atoms with Gasteiger partial charge in [-0.1, -0.05) is 13.3 Å². The summed E-state index contributed by atoms with van der Waals surface area (Å²) in [5.74, 6) is -0.790. The Balaban J connectivity index is 2.52. The van der Waals surface area contributed by atoms with E-state index in [-0.39, 0.29) is 6.03 Å². The van der Waals surface area contributed by atoms with E-state index >= 15 is 0 Å². The van der Waals surface area contributed by atoms with Crippen LogP contribution in [0.15, 0.2) is 0 Å². The summed E-state index contributed by atoms with van der Waals surface area (Å²) in [4.78, 5) is 24.8. The summed E-state index contributed by atoms with van der Waals surface area (Å²) in [7, 11) is 0. The highest BCUT2D eigenvalue weighted by Gasteiger charge is 2.45. The first kappa shape index (κ1) is 14.8. The smallest absolute Gasteiger partial charge is 0.317 e. The maximum atomic E-state index is 11.8. The van der Waals surface area contributed by atoms with Gasteiger partial charge in [-0.2, -0.15) is 0 Å². The van der Waals surface area contributed by atoms with Crippen LogP contribution >= 0.6 is 0 Å². The first-order valence-electron chi connectivity index (χ1n) is 6.52. The Kier molecular flexibility index (Phi) is 5.40. The predicted octanol–water partition coefficient (Wildman–Crippen LogP) is 0.622. The summed E-state index contributed by atoms with van der Waals surface area (Å²) in [6.45, 7) is 3.87. The molecule has 1 aliphatic rings. The molecule has 1 rings (SSSR count). The summed E-state index contributed by atoms with van der Waals surface area (Å²) >= 11 is 0. The van der Waals surface area contributed by atoms with Gasteiger partial charge in [-0.25, -0.2) is 4.79 Å². The average Bonchev–Trinajstić information content (AvgIpc) is 2.75. The van der Waals surface area contributed by atoms with Crippen LogP contribution in [0.1, 0.15) is 32.6 Å². The van der Waals surface area contributed by atoms with Gasteiger partial charge in [-0.05, 0) is 25.8 Å². The number of hydrogen-bond acceptors (Lipinski definition) is 3. The van der Waals surface area contributed by atoms with Crippen molar-refractivity contribution in [1.82, 2.24) is 10.2 Å². The van der Waals surface area contributed by atoms with Crippen LogP contribution in [-0.2, 0) is 4.79 Å². The molecular weight excluding hydrogens is 234 g/mol. The van der Waals surface area contributed by atoms with Crippen LogP contribution in [0.4, 0.5) is 4.79 Å². The van der Waals surface area contributed by atoms with Gasteiger partial charge in [0.05, 0.1) is 5.41 Å². The van der Waals surface area contributed by atoms with E-state index in [4.69, 9.17) is 5.73 Å². The number of carbonyl (C=O) groups excluding carboxylic acids is 1. The van der Waals surface area contributed by atoms with Gasteiger partial charge in [-0.15, -0.1) is 0 Å². The van der Waals surface area contributed by atoms with E-state index in [0.717, 1.165) is 12.8 Å². The molecule has 4 N–H and O–H groups in total. The number of likely N-dealkylation sites (tertiary alicyclic amines) is 1. The molecule has 0 aromatic rings. The van der Waals surface area contributed by atoms with Crippen LogP contribution in [-0.4, -0.2) is 48.2 Å². The Morgan fingerprint density at radius 3 is 2.78 bits per heavy atom. The van der Waals surface area contributed by atoms with Crippen molar-refractivity contribution < 1.29 is 14.7 Å². The van der Waals surface area contributed by atoms with Crippen molar-refractivity contribution in [2.24, 2.45) is 11.1 Å². The fourth-order valence-electron chi connectivity index (χ4n) is 2.42. The number of carboxylic acid groups (broad SMARTS) is 1. The molecule has 0 spiro atoms. The molecule has 2 amide bonds. The van der Waals surface area contributed by atoms with Crippen molar-refractivity contribution in [3.8, 4) is 0 Å². The highest BCUT2D eigenvalue weighted by atomic mass is 16.4. The highest BCUT2D eigenvalue weighted by Crippen LogP contribution is 2.35. The number of urea groups is 1. The van der Waals surface area contributed by atoms with Crippen molar-refractivity contribution >= 4 is 12.0 Å². The molecule has 1 aliphatic heterocycles. The molecule has 1 fully saturated rings. The molecule has 0 aromatic carbocycles. The minimum absolute atomic E-state index is 0.178. The fraction of sp³-hybridized carbons (Fsp3) is 0.833. The van der Waals surface area contributed by atoms with Crippen molar-refractivity contribution in [3.05, 3.63) is 0 Å². The number of carbonyl (C=O) groups is 2. The second-order valence-corrected chi connectivity index (χ2v) is 4.88. The van der Waals surface area contributed by atoms with Crippen molar-refractivity contribution in [2.45, 2.75) is 32.6 Å². The molecule has 1 atom stereocenters. The number of hydrogen-bond donors (Lipinski definition) is 3. The Morgan fingerprint density at radius 2 is 2.22 bits per heavy atom. The van der Waals surface area contributed by atoms with Gasteiger partial charge >= 0.3 is 12.0 Å². The van der Waals surface area contributed by atoms with Crippen LogP contribution in [0.2, 0.25) is 0 Å². The molecule has 1 unspecified atom stereocenters. The second kappa shape index (κ2) is 6.58. The number of rotatable bonds is 6. The van der Waals surface area contributed by atoms with Crippen molar-refractivity contribution in [3.63, 3.8) is 0 Å². The lowest BCUT2D eigenvalue weighted by Gasteiger charge is -2.24. The molecule has 1 saturated heterocycles. The predicted molar refractivity (Wildman–Crippen MR) is 68.2 cm³/mol. The van der Waals surface area contributed by atoms with Crippen molar-refractivity contribution in [1.29, 1.82) is 0 Å². The summed E-state index contributed by atoms with van der Waals surface area (Å²) < 4.78 is 0. The zero-order valence-corrected chi connectivity index (χ0v) is 10.9. The third-order valence-corrected chi connectivity index (χ3v) is 3.48. The maximum Gasteiger partial charge on any atom is 0.317 e. The summed E-state index contributed by atoms with van der Waals surface area (Å²) in [6.07, 6.45) is 2.71. The normalized spacial score (nSPS) is 23.1. The van der Waals surface area contributed by atoms with Gasteiger partial charge in [0.2, 0.25) is 0 Å². The maximum absolute atomic E-state index is 11.8. The first-order chi connectivity index (χ1) is 8.55. The molecule has 18 heavy (non-hydrogen) atoms. The lowest BCUT2D eigenvalue weighted by atomic mass is 9.83. The lowest BCUT2D eigenvalue weighted by molar-refractivity contribution is -0.148. The topological polar surface area (TPSA) is 95.7 Å². The van der Waals surface area contributed by atoms with E-state index in [9.17, 15) is 14.7 Å². The number of aliphatic carboxylic acids is 1. The number of carboxylic acids is 1. The molecular formula is C12H23N3O3. The summed E-state index contributed by atoms with van der Waals surface area (Å²) in [5, 5.41) is 12.1. The van der Waals surface area contributed by atoms with Gasteiger partial charge in [0, 0.05) is 19.6 Å². The SMILES string of the molecule is CCCC1(C(=O)O)CCN(C(=O)NCCCN)C1. The fourth-order valence-corrected chi connectivity index (χ4v) is 2.42. The third-order valence-electron chi connectivity index (χ3n) is 3.48. The highest BCUT2D eigenvalue weighted by molar-refractivity contribution is 5.79. The minimum Gasteiger partial charge on any atom is -0.481 e.